The lowest BCUT2D eigenvalue weighted by Crippen LogP contribution is -2.05. The van der Waals surface area contributed by atoms with Gasteiger partial charge in [0.2, 0.25) is 0 Å². The van der Waals surface area contributed by atoms with Gasteiger partial charge in [0.1, 0.15) is 13.2 Å². The molecule has 0 aliphatic heterocycles. The lowest BCUT2D eigenvalue weighted by molar-refractivity contribution is 0.110. The Kier molecular flexibility index (Phi) is 7.98. The van der Waals surface area contributed by atoms with Crippen molar-refractivity contribution < 1.29 is 28.5 Å². The van der Waals surface area contributed by atoms with Crippen LogP contribution in [0.25, 0.3) is 11.1 Å². The predicted octanol–water partition coefficient (Wildman–Crippen LogP) is 6.15. The summed E-state index contributed by atoms with van der Waals surface area (Å²) in [7, 11) is 3.03. The second kappa shape index (κ2) is 11.7. The number of benzene rings is 4. The van der Waals surface area contributed by atoms with Gasteiger partial charge < -0.3 is 18.9 Å². The second-order valence-electron chi connectivity index (χ2n) is 7.90. The van der Waals surface area contributed by atoms with Crippen LogP contribution in [0.3, 0.4) is 0 Å². The number of carbonyl (C=O) groups excluding carboxylic acids is 2. The van der Waals surface area contributed by atoms with Crippen LogP contribution in [-0.4, -0.2) is 26.8 Å². The number of ether oxygens (including phenoxy) is 4. The quantitative estimate of drug-likeness (QED) is 0.239. The van der Waals surface area contributed by atoms with Crippen LogP contribution in [-0.2, 0) is 13.2 Å². The van der Waals surface area contributed by atoms with Crippen molar-refractivity contribution in [3.8, 4) is 34.1 Å². The molecule has 0 radical (unpaired) electrons. The fourth-order valence-electron chi connectivity index (χ4n) is 3.94. The summed E-state index contributed by atoms with van der Waals surface area (Å²) in [6, 6.07) is 26.1. The molecule has 4 rings (SSSR count). The van der Waals surface area contributed by atoms with Gasteiger partial charge in [-0.05, 0) is 46.5 Å². The highest BCUT2D eigenvalue weighted by atomic mass is 16.5. The fourth-order valence-corrected chi connectivity index (χ4v) is 3.94. The number of rotatable bonds is 11. The summed E-state index contributed by atoms with van der Waals surface area (Å²) in [5, 5.41) is 0. The molecule has 0 aromatic heterocycles. The van der Waals surface area contributed by atoms with E-state index in [2.05, 4.69) is 0 Å². The third-order valence-corrected chi connectivity index (χ3v) is 5.74. The summed E-state index contributed by atoms with van der Waals surface area (Å²) in [4.78, 5) is 24.7. The van der Waals surface area contributed by atoms with Crippen molar-refractivity contribution in [2.45, 2.75) is 13.2 Å². The molecule has 6 nitrogen and oxygen atoms in total. The Hall–Kier alpha value is -4.58. The summed E-state index contributed by atoms with van der Waals surface area (Å²) >= 11 is 0. The number of hydrogen-bond donors (Lipinski definition) is 0. The van der Waals surface area contributed by atoms with E-state index >= 15 is 0 Å². The highest BCUT2D eigenvalue weighted by Crippen LogP contribution is 2.43. The average Bonchev–Trinajstić information content (AvgIpc) is 2.94. The maximum Gasteiger partial charge on any atom is 0.172 e. The van der Waals surface area contributed by atoms with Crippen molar-refractivity contribution in [1.29, 1.82) is 0 Å². The SMILES string of the molecule is COc1ccc(-c2ccc(OC)c(OCc3ccccc3)c2C=O)c(C=O)c1OCc1ccccc1. The van der Waals surface area contributed by atoms with Crippen LogP contribution in [0, 0.1) is 0 Å². The zero-order valence-corrected chi connectivity index (χ0v) is 20.1. The van der Waals surface area contributed by atoms with Gasteiger partial charge in [0.25, 0.3) is 0 Å². The Morgan fingerprint density at radius 3 is 1.28 bits per heavy atom. The van der Waals surface area contributed by atoms with Crippen molar-refractivity contribution in [3.05, 3.63) is 107 Å². The van der Waals surface area contributed by atoms with Crippen LogP contribution in [0.1, 0.15) is 31.8 Å². The van der Waals surface area contributed by atoms with Crippen LogP contribution in [0.2, 0.25) is 0 Å². The van der Waals surface area contributed by atoms with Crippen molar-refractivity contribution in [2.24, 2.45) is 0 Å². The highest BCUT2D eigenvalue weighted by molar-refractivity contribution is 5.99. The molecule has 0 heterocycles. The van der Waals surface area contributed by atoms with Crippen molar-refractivity contribution >= 4 is 12.6 Å². The molecule has 4 aromatic rings. The molecule has 0 amide bonds. The molecule has 0 saturated carbocycles. The summed E-state index contributed by atoms with van der Waals surface area (Å²) in [6.45, 7) is 0.492. The van der Waals surface area contributed by atoms with E-state index < -0.39 is 0 Å². The first-order valence-corrected chi connectivity index (χ1v) is 11.4. The first-order chi connectivity index (χ1) is 17.7. The minimum Gasteiger partial charge on any atom is -0.493 e. The van der Waals surface area contributed by atoms with Gasteiger partial charge in [0.15, 0.2) is 35.6 Å². The lowest BCUT2D eigenvalue weighted by atomic mass is 9.94. The van der Waals surface area contributed by atoms with Gasteiger partial charge in [-0.2, -0.15) is 0 Å². The van der Waals surface area contributed by atoms with E-state index in [0.717, 1.165) is 11.1 Å². The topological polar surface area (TPSA) is 71.1 Å². The molecule has 0 fully saturated rings. The third kappa shape index (κ3) is 5.23. The summed E-state index contributed by atoms with van der Waals surface area (Å²) in [6.07, 6.45) is 1.42. The van der Waals surface area contributed by atoms with Gasteiger partial charge in [-0.3, -0.25) is 9.59 Å². The van der Waals surface area contributed by atoms with E-state index in [9.17, 15) is 9.59 Å². The molecule has 0 aliphatic carbocycles. The van der Waals surface area contributed by atoms with Gasteiger partial charge in [0, 0.05) is 0 Å². The van der Waals surface area contributed by atoms with Crippen LogP contribution < -0.4 is 18.9 Å². The smallest absolute Gasteiger partial charge is 0.172 e. The molecule has 0 unspecified atom stereocenters. The molecule has 6 heteroatoms. The Bertz CT molecular complexity index is 1230. The molecule has 0 spiro atoms. The van der Waals surface area contributed by atoms with Gasteiger partial charge in [-0.15, -0.1) is 0 Å². The molecular weight excluding hydrogens is 456 g/mol. The summed E-state index contributed by atoms with van der Waals surface area (Å²) in [5.41, 5.74) is 3.46. The van der Waals surface area contributed by atoms with E-state index in [0.29, 0.717) is 46.7 Å². The van der Waals surface area contributed by atoms with Crippen molar-refractivity contribution in [1.82, 2.24) is 0 Å². The van der Waals surface area contributed by atoms with E-state index in [1.54, 1.807) is 24.3 Å². The minimum atomic E-state index is 0.246. The van der Waals surface area contributed by atoms with Gasteiger partial charge in [0.05, 0.1) is 25.3 Å². The summed E-state index contributed by atoms with van der Waals surface area (Å²) in [5.74, 6) is 1.43. The number of methoxy groups -OCH3 is 2. The minimum absolute atomic E-state index is 0.246. The van der Waals surface area contributed by atoms with Crippen LogP contribution in [0.5, 0.6) is 23.0 Å². The molecule has 4 aromatic carbocycles. The largest absolute Gasteiger partial charge is 0.493 e. The first kappa shape index (κ1) is 24.5. The predicted molar refractivity (Wildman–Crippen MR) is 137 cm³/mol. The standard InChI is InChI=1S/C30H26O6/c1-33-27-15-13-23(25(17-31)29(27)35-19-21-9-5-3-6-10-21)24-14-16-28(34-2)30(26(24)18-32)36-20-22-11-7-4-8-12-22/h3-18H,19-20H2,1-2H3. The first-order valence-electron chi connectivity index (χ1n) is 11.4. The van der Waals surface area contributed by atoms with Gasteiger partial charge >= 0.3 is 0 Å². The Balaban J connectivity index is 1.78. The number of aldehydes is 2. The third-order valence-electron chi connectivity index (χ3n) is 5.74. The average molecular weight is 483 g/mol. The van der Waals surface area contributed by atoms with E-state index in [4.69, 9.17) is 18.9 Å². The Labute approximate surface area is 210 Å². The maximum atomic E-state index is 12.3. The van der Waals surface area contributed by atoms with Crippen LogP contribution >= 0.6 is 0 Å². The van der Waals surface area contributed by atoms with Crippen molar-refractivity contribution in [2.75, 3.05) is 14.2 Å². The molecule has 0 saturated heterocycles. The van der Waals surface area contributed by atoms with E-state index in [-0.39, 0.29) is 24.3 Å². The molecular formula is C30H26O6. The number of hydrogen-bond acceptors (Lipinski definition) is 6. The molecule has 182 valence electrons. The Morgan fingerprint density at radius 2 is 0.944 bits per heavy atom. The molecule has 0 N–H and O–H groups in total. The molecule has 0 aliphatic rings. The lowest BCUT2D eigenvalue weighted by Gasteiger charge is -2.19. The molecule has 0 bridgehead atoms. The summed E-state index contributed by atoms with van der Waals surface area (Å²) < 4.78 is 23.1. The van der Waals surface area contributed by atoms with E-state index in [1.807, 2.05) is 60.7 Å². The monoisotopic (exact) mass is 482 g/mol. The highest BCUT2D eigenvalue weighted by Gasteiger charge is 2.22. The molecule has 36 heavy (non-hydrogen) atoms. The van der Waals surface area contributed by atoms with E-state index in [1.165, 1.54) is 14.2 Å². The zero-order chi connectivity index (χ0) is 25.3. The second-order valence-corrected chi connectivity index (χ2v) is 7.90. The maximum absolute atomic E-state index is 12.3. The van der Waals surface area contributed by atoms with Crippen LogP contribution in [0.15, 0.2) is 84.9 Å². The Morgan fingerprint density at radius 1 is 0.556 bits per heavy atom. The van der Waals surface area contributed by atoms with Crippen molar-refractivity contribution in [3.63, 3.8) is 0 Å². The van der Waals surface area contributed by atoms with Gasteiger partial charge in [-0.1, -0.05) is 60.7 Å². The molecule has 0 atom stereocenters. The zero-order valence-electron chi connectivity index (χ0n) is 20.1. The van der Waals surface area contributed by atoms with Crippen LogP contribution in [0.4, 0.5) is 0 Å². The normalized spacial score (nSPS) is 10.4. The van der Waals surface area contributed by atoms with Gasteiger partial charge in [-0.25, -0.2) is 0 Å². The fraction of sp³-hybridized carbons (Fsp3) is 0.133. The number of carbonyl (C=O) groups is 2.